The summed E-state index contributed by atoms with van der Waals surface area (Å²) in [7, 11) is 1.68. The number of oxazole rings is 1. The predicted molar refractivity (Wildman–Crippen MR) is 71.1 cm³/mol. The molecule has 18 heavy (non-hydrogen) atoms. The molecule has 3 aromatic rings. The second kappa shape index (κ2) is 4.19. The van der Waals surface area contributed by atoms with Crippen molar-refractivity contribution in [3.63, 3.8) is 0 Å². The van der Waals surface area contributed by atoms with Crippen molar-refractivity contribution in [3.05, 3.63) is 38.1 Å². The Hall–Kier alpha value is -1.71. The van der Waals surface area contributed by atoms with Crippen LogP contribution >= 0.6 is 22.6 Å². The fraction of sp³-hybridized carbons (Fsp3) is 0.200. The fourth-order valence-corrected chi connectivity index (χ4v) is 2.19. The Morgan fingerprint density at radius 1 is 1.44 bits per heavy atom. The van der Waals surface area contributed by atoms with Crippen molar-refractivity contribution < 1.29 is 4.42 Å². The molecule has 0 saturated carbocycles. The van der Waals surface area contributed by atoms with Crippen molar-refractivity contribution in [1.82, 2.24) is 24.8 Å². The fourth-order valence-electron chi connectivity index (χ4n) is 1.71. The van der Waals surface area contributed by atoms with Crippen LogP contribution in [0.5, 0.6) is 0 Å². The number of aryl methyl sites for hydroxylation is 1. The van der Waals surface area contributed by atoms with Crippen LogP contribution in [0.4, 0.5) is 0 Å². The SMILES string of the molecule is Cn1nnc(Cn2c(=O)oc3ccc(I)cc32)n1. The summed E-state index contributed by atoms with van der Waals surface area (Å²) in [5.74, 6) is 0.0561. The Morgan fingerprint density at radius 2 is 2.28 bits per heavy atom. The summed E-state index contributed by atoms with van der Waals surface area (Å²) >= 11 is 2.18. The van der Waals surface area contributed by atoms with E-state index in [0.29, 0.717) is 11.4 Å². The predicted octanol–water partition coefficient (Wildman–Crippen LogP) is 0.771. The average Bonchev–Trinajstić information content (AvgIpc) is 2.86. The summed E-state index contributed by atoms with van der Waals surface area (Å²) in [5, 5.41) is 11.6. The van der Waals surface area contributed by atoms with Gasteiger partial charge in [-0.15, -0.1) is 10.2 Å². The first-order valence-electron chi connectivity index (χ1n) is 5.15. The molecule has 0 radical (unpaired) electrons. The van der Waals surface area contributed by atoms with E-state index < -0.39 is 5.76 Å². The zero-order chi connectivity index (χ0) is 12.7. The van der Waals surface area contributed by atoms with Gasteiger partial charge in [-0.3, -0.25) is 4.57 Å². The third-order valence-electron chi connectivity index (χ3n) is 2.48. The number of hydrogen-bond acceptors (Lipinski definition) is 5. The molecule has 0 N–H and O–H groups in total. The molecular weight excluding hydrogens is 349 g/mol. The molecule has 0 unspecified atom stereocenters. The zero-order valence-corrected chi connectivity index (χ0v) is 11.5. The van der Waals surface area contributed by atoms with Crippen LogP contribution < -0.4 is 5.76 Å². The van der Waals surface area contributed by atoms with Gasteiger partial charge in [-0.1, -0.05) is 0 Å². The topological polar surface area (TPSA) is 78.7 Å². The first-order chi connectivity index (χ1) is 8.63. The zero-order valence-electron chi connectivity index (χ0n) is 9.37. The molecule has 0 amide bonds. The van der Waals surface area contributed by atoms with Gasteiger partial charge in [-0.05, 0) is 46.0 Å². The van der Waals surface area contributed by atoms with Crippen LogP contribution in [0.15, 0.2) is 27.4 Å². The molecule has 2 aromatic heterocycles. The van der Waals surface area contributed by atoms with Crippen molar-refractivity contribution in [2.45, 2.75) is 6.54 Å². The van der Waals surface area contributed by atoms with Crippen molar-refractivity contribution in [2.75, 3.05) is 0 Å². The number of aromatic nitrogens is 5. The summed E-state index contributed by atoms with van der Waals surface area (Å²) in [6, 6.07) is 5.55. The number of benzene rings is 1. The van der Waals surface area contributed by atoms with E-state index in [1.54, 1.807) is 13.1 Å². The first-order valence-corrected chi connectivity index (χ1v) is 6.23. The minimum Gasteiger partial charge on any atom is -0.408 e. The number of nitrogens with zero attached hydrogens (tertiary/aromatic N) is 5. The second-order valence-corrected chi connectivity index (χ2v) is 5.01. The maximum Gasteiger partial charge on any atom is 0.420 e. The molecular formula is C10H8IN5O2. The van der Waals surface area contributed by atoms with Gasteiger partial charge in [0.05, 0.1) is 19.1 Å². The maximum atomic E-state index is 11.8. The molecule has 0 bridgehead atoms. The van der Waals surface area contributed by atoms with Crippen molar-refractivity contribution >= 4 is 33.7 Å². The number of fused-ring (bicyclic) bond motifs is 1. The Kier molecular flexibility index (Phi) is 2.65. The Balaban J connectivity index is 2.13. The van der Waals surface area contributed by atoms with Gasteiger partial charge in [-0.2, -0.15) is 4.80 Å². The van der Waals surface area contributed by atoms with Crippen LogP contribution in [0.3, 0.4) is 0 Å². The van der Waals surface area contributed by atoms with Gasteiger partial charge in [-0.25, -0.2) is 4.79 Å². The van der Waals surface area contributed by atoms with E-state index in [4.69, 9.17) is 4.42 Å². The third-order valence-corrected chi connectivity index (χ3v) is 3.15. The molecule has 0 aliphatic heterocycles. The second-order valence-electron chi connectivity index (χ2n) is 3.76. The van der Waals surface area contributed by atoms with Crippen LogP contribution in [0.25, 0.3) is 11.1 Å². The summed E-state index contributed by atoms with van der Waals surface area (Å²) in [5.41, 5.74) is 1.30. The highest BCUT2D eigenvalue weighted by atomic mass is 127. The average molecular weight is 357 g/mol. The van der Waals surface area contributed by atoms with Crippen molar-refractivity contribution in [3.8, 4) is 0 Å². The van der Waals surface area contributed by atoms with E-state index in [2.05, 4.69) is 38.0 Å². The van der Waals surface area contributed by atoms with Gasteiger partial charge in [0.15, 0.2) is 11.4 Å². The van der Waals surface area contributed by atoms with E-state index in [-0.39, 0.29) is 6.54 Å². The quantitative estimate of drug-likeness (QED) is 0.633. The lowest BCUT2D eigenvalue weighted by Crippen LogP contribution is -2.15. The van der Waals surface area contributed by atoms with E-state index in [0.717, 1.165) is 9.09 Å². The smallest absolute Gasteiger partial charge is 0.408 e. The van der Waals surface area contributed by atoms with Crippen LogP contribution in [0.1, 0.15) is 5.82 Å². The normalized spacial score (nSPS) is 11.2. The molecule has 8 heteroatoms. The number of rotatable bonds is 2. The monoisotopic (exact) mass is 357 g/mol. The minimum absolute atomic E-state index is 0.250. The molecule has 2 heterocycles. The van der Waals surface area contributed by atoms with E-state index in [1.165, 1.54) is 9.36 Å². The molecule has 0 aliphatic carbocycles. The number of halogens is 1. The lowest BCUT2D eigenvalue weighted by atomic mass is 10.3. The summed E-state index contributed by atoms with van der Waals surface area (Å²) in [4.78, 5) is 13.1. The standard InChI is InChI=1S/C10H8IN5O2/c1-15-13-9(12-14-15)5-16-7-4-6(11)2-3-8(7)18-10(16)17/h2-4H,5H2,1H3. The molecule has 0 spiro atoms. The van der Waals surface area contributed by atoms with Crippen LogP contribution in [-0.4, -0.2) is 24.8 Å². The maximum absolute atomic E-state index is 11.8. The lowest BCUT2D eigenvalue weighted by Gasteiger charge is -1.97. The molecule has 0 atom stereocenters. The summed E-state index contributed by atoms with van der Waals surface area (Å²) in [6.07, 6.45) is 0. The van der Waals surface area contributed by atoms with E-state index >= 15 is 0 Å². The van der Waals surface area contributed by atoms with Gasteiger partial charge in [0.25, 0.3) is 0 Å². The lowest BCUT2D eigenvalue weighted by molar-refractivity contribution is 0.513. The van der Waals surface area contributed by atoms with Crippen LogP contribution in [0.2, 0.25) is 0 Å². The summed E-state index contributed by atoms with van der Waals surface area (Å²) < 4.78 is 7.68. The summed E-state index contributed by atoms with van der Waals surface area (Å²) in [6.45, 7) is 0.250. The molecule has 3 rings (SSSR count). The van der Waals surface area contributed by atoms with Crippen molar-refractivity contribution in [1.29, 1.82) is 0 Å². The Labute approximate surface area is 115 Å². The molecule has 1 aromatic carbocycles. The highest BCUT2D eigenvalue weighted by Crippen LogP contribution is 2.16. The molecule has 7 nitrogen and oxygen atoms in total. The van der Waals surface area contributed by atoms with Crippen molar-refractivity contribution in [2.24, 2.45) is 7.05 Å². The Bertz CT molecular complexity index is 772. The highest BCUT2D eigenvalue weighted by Gasteiger charge is 2.12. The van der Waals surface area contributed by atoms with E-state index in [1.807, 2.05) is 12.1 Å². The van der Waals surface area contributed by atoms with Crippen LogP contribution in [0, 0.1) is 3.57 Å². The number of tetrazole rings is 1. The minimum atomic E-state index is -0.417. The first kappa shape index (κ1) is 11.4. The van der Waals surface area contributed by atoms with Gasteiger partial charge in [0.2, 0.25) is 0 Å². The van der Waals surface area contributed by atoms with Crippen LogP contribution in [-0.2, 0) is 13.6 Å². The highest BCUT2D eigenvalue weighted by molar-refractivity contribution is 14.1. The molecule has 0 fully saturated rings. The molecule has 92 valence electrons. The van der Waals surface area contributed by atoms with Gasteiger partial charge < -0.3 is 4.42 Å². The van der Waals surface area contributed by atoms with E-state index in [9.17, 15) is 4.79 Å². The van der Waals surface area contributed by atoms with Gasteiger partial charge in [0.1, 0.15) is 0 Å². The molecule has 0 saturated heterocycles. The third kappa shape index (κ3) is 1.92. The van der Waals surface area contributed by atoms with Gasteiger partial charge >= 0.3 is 5.76 Å². The largest absolute Gasteiger partial charge is 0.420 e. The Morgan fingerprint density at radius 3 is 3.00 bits per heavy atom. The molecule has 0 aliphatic rings. The number of hydrogen-bond donors (Lipinski definition) is 0. The van der Waals surface area contributed by atoms with Gasteiger partial charge in [0, 0.05) is 3.57 Å².